The lowest BCUT2D eigenvalue weighted by molar-refractivity contribution is -0.118. The Kier molecular flexibility index (Phi) is 5.92. The van der Waals surface area contributed by atoms with E-state index in [1.165, 1.54) is 11.1 Å². The molecule has 0 aliphatic carbocycles. The van der Waals surface area contributed by atoms with Crippen molar-refractivity contribution in [3.63, 3.8) is 0 Å². The second-order valence-corrected chi connectivity index (χ2v) is 6.90. The molecule has 3 aromatic carbocycles. The Morgan fingerprint density at radius 3 is 2.30 bits per heavy atom. The van der Waals surface area contributed by atoms with Crippen molar-refractivity contribution in [3.8, 4) is 5.75 Å². The molecule has 0 saturated heterocycles. The number of amides is 1. The minimum absolute atomic E-state index is 0.0737. The van der Waals surface area contributed by atoms with Crippen LogP contribution in [0.4, 0.5) is 5.69 Å². The van der Waals surface area contributed by atoms with Crippen molar-refractivity contribution < 1.29 is 9.90 Å². The Bertz CT molecular complexity index is 919. The van der Waals surface area contributed by atoms with Gasteiger partial charge >= 0.3 is 0 Å². The van der Waals surface area contributed by atoms with E-state index in [-0.39, 0.29) is 11.7 Å². The van der Waals surface area contributed by atoms with Crippen LogP contribution in [-0.2, 0) is 17.6 Å². The van der Waals surface area contributed by atoms with Crippen LogP contribution in [0.3, 0.4) is 0 Å². The van der Waals surface area contributed by atoms with E-state index in [1.54, 1.807) is 12.1 Å². The van der Waals surface area contributed by atoms with Crippen LogP contribution in [0.1, 0.15) is 22.3 Å². The molecule has 0 saturated carbocycles. The first-order valence-electron chi connectivity index (χ1n) is 9.22. The molecule has 138 valence electrons. The molecule has 0 aliphatic heterocycles. The lowest BCUT2D eigenvalue weighted by atomic mass is 10.1. The fourth-order valence-corrected chi connectivity index (χ4v) is 3.11. The van der Waals surface area contributed by atoms with E-state index in [0.29, 0.717) is 19.4 Å². The number of hydrogen-bond donors (Lipinski definition) is 1. The standard InChI is InChI=1S/C24H25NO2/c1-18-11-12-22(15-19(18)2)25(14-13-21-9-6-10-23(26)16-21)24(27)17-20-7-4-3-5-8-20/h3-12,15-16,26H,13-14,17H2,1-2H3. The molecule has 0 fully saturated rings. The van der Waals surface area contributed by atoms with Crippen LogP contribution >= 0.6 is 0 Å². The molecule has 27 heavy (non-hydrogen) atoms. The average Bonchev–Trinajstić information content (AvgIpc) is 2.65. The van der Waals surface area contributed by atoms with Gasteiger partial charge in [0.2, 0.25) is 5.91 Å². The number of hydrogen-bond acceptors (Lipinski definition) is 2. The maximum atomic E-state index is 13.1. The SMILES string of the molecule is Cc1ccc(N(CCc2cccc(O)c2)C(=O)Cc2ccccc2)cc1C. The molecule has 0 spiro atoms. The minimum atomic E-state index is 0.0737. The summed E-state index contributed by atoms with van der Waals surface area (Å²) in [5, 5.41) is 9.69. The van der Waals surface area contributed by atoms with Crippen molar-refractivity contribution in [2.45, 2.75) is 26.7 Å². The molecule has 0 atom stereocenters. The topological polar surface area (TPSA) is 40.5 Å². The normalized spacial score (nSPS) is 10.6. The van der Waals surface area contributed by atoms with Gasteiger partial charge in [0.25, 0.3) is 0 Å². The maximum absolute atomic E-state index is 13.1. The zero-order valence-corrected chi connectivity index (χ0v) is 15.9. The fourth-order valence-electron chi connectivity index (χ4n) is 3.11. The van der Waals surface area contributed by atoms with E-state index in [9.17, 15) is 9.90 Å². The van der Waals surface area contributed by atoms with Gasteiger partial charge in [0.05, 0.1) is 6.42 Å². The molecule has 0 radical (unpaired) electrons. The van der Waals surface area contributed by atoms with Crippen molar-refractivity contribution in [2.24, 2.45) is 0 Å². The van der Waals surface area contributed by atoms with Crippen molar-refractivity contribution in [1.29, 1.82) is 0 Å². The van der Waals surface area contributed by atoms with Crippen LogP contribution in [0.5, 0.6) is 5.75 Å². The predicted octanol–water partition coefficient (Wildman–Crippen LogP) is 4.83. The Balaban J connectivity index is 1.83. The number of nitrogens with zero attached hydrogens (tertiary/aromatic N) is 1. The summed E-state index contributed by atoms with van der Waals surface area (Å²) in [6.45, 7) is 4.70. The zero-order valence-electron chi connectivity index (χ0n) is 15.9. The van der Waals surface area contributed by atoms with E-state index in [2.05, 4.69) is 26.0 Å². The molecule has 3 aromatic rings. The first kappa shape index (κ1) is 18.7. The molecule has 3 nitrogen and oxygen atoms in total. The number of benzene rings is 3. The van der Waals surface area contributed by atoms with Gasteiger partial charge in [0.15, 0.2) is 0 Å². The van der Waals surface area contributed by atoms with Crippen molar-refractivity contribution in [1.82, 2.24) is 0 Å². The number of carbonyl (C=O) groups is 1. The van der Waals surface area contributed by atoms with Gasteiger partial charge < -0.3 is 10.0 Å². The first-order chi connectivity index (χ1) is 13.0. The molecule has 0 aromatic heterocycles. The van der Waals surface area contributed by atoms with Gasteiger partial charge in [-0.15, -0.1) is 0 Å². The van der Waals surface area contributed by atoms with E-state index in [0.717, 1.165) is 16.8 Å². The fraction of sp³-hybridized carbons (Fsp3) is 0.208. The Morgan fingerprint density at radius 2 is 1.59 bits per heavy atom. The molecule has 3 heteroatoms. The number of phenolic OH excluding ortho intramolecular Hbond substituents is 1. The summed E-state index contributed by atoms with van der Waals surface area (Å²) < 4.78 is 0. The third-order valence-electron chi connectivity index (χ3n) is 4.84. The smallest absolute Gasteiger partial charge is 0.231 e. The van der Waals surface area contributed by atoms with Crippen molar-refractivity contribution in [2.75, 3.05) is 11.4 Å². The predicted molar refractivity (Wildman–Crippen MR) is 110 cm³/mol. The summed E-state index contributed by atoms with van der Waals surface area (Å²) in [4.78, 5) is 14.9. The van der Waals surface area contributed by atoms with Gasteiger partial charge in [0.1, 0.15) is 5.75 Å². The number of anilines is 1. The summed E-state index contributed by atoms with van der Waals surface area (Å²) in [7, 11) is 0. The van der Waals surface area contributed by atoms with E-state index in [1.807, 2.05) is 53.4 Å². The molecule has 0 bridgehead atoms. The van der Waals surface area contributed by atoms with Gasteiger partial charge in [-0.25, -0.2) is 0 Å². The molecule has 1 amide bonds. The van der Waals surface area contributed by atoms with Crippen molar-refractivity contribution >= 4 is 11.6 Å². The number of aryl methyl sites for hydroxylation is 2. The van der Waals surface area contributed by atoms with Crippen LogP contribution in [0, 0.1) is 13.8 Å². The third kappa shape index (κ3) is 4.98. The molecule has 3 rings (SSSR count). The van der Waals surface area contributed by atoms with Gasteiger partial charge in [-0.05, 0) is 66.8 Å². The molecular formula is C24H25NO2. The second-order valence-electron chi connectivity index (χ2n) is 6.90. The van der Waals surface area contributed by atoms with Gasteiger partial charge in [0, 0.05) is 12.2 Å². The maximum Gasteiger partial charge on any atom is 0.231 e. The molecule has 0 heterocycles. The van der Waals surface area contributed by atoms with Crippen LogP contribution in [-0.4, -0.2) is 17.6 Å². The van der Waals surface area contributed by atoms with Crippen LogP contribution < -0.4 is 4.90 Å². The van der Waals surface area contributed by atoms with Crippen LogP contribution in [0.25, 0.3) is 0 Å². The van der Waals surface area contributed by atoms with Crippen molar-refractivity contribution in [3.05, 3.63) is 95.1 Å². The molecule has 0 unspecified atom stereocenters. The lowest BCUT2D eigenvalue weighted by Gasteiger charge is -2.24. The van der Waals surface area contributed by atoms with Crippen LogP contribution in [0.2, 0.25) is 0 Å². The van der Waals surface area contributed by atoms with E-state index < -0.39 is 0 Å². The molecule has 0 aliphatic rings. The minimum Gasteiger partial charge on any atom is -0.508 e. The second kappa shape index (κ2) is 8.54. The van der Waals surface area contributed by atoms with Gasteiger partial charge in [-0.3, -0.25) is 4.79 Å². The lowest BCUT2D eigenvalue weighted by Crippen LogP contribution is -2.34. The zero-order chi connectivity index (χ0) is 19.2. The summed E-state index contributed by atoms with van der Waals surface area (Å²) >= 11 is 0. The number of phenols is 1. The van der Waals surface area contributed by atoms with Gasteiger partial charge in [-0.1, -0.05) is 48.5 Å². The Morgan fingerprint density at radius 1 is 0.852 bits per heavy atom. The highest BCUT2D eigenvalue weighted by molar-refractivity contribution is 5.94. The number of carbonyl (C=O) groups excluding carboxylic acids is 1. The number of rotatable bonds is 6. The third-order valence-corrected chi connectivity index (χ3v) is 4.84. The quantitative estimate of drug-likeness (QED) is 0.685. The average molecular weight is 359 g/mol. The Hall–Kier alpha value is -3.07. The van der Waals surface area contributed by atoms with Gasteiger partial charge in [-0.2, -0.15) is 0 Å². The molecule has 1 N–H and O–H groups in total. The number of aromatic hydroxyl groups is 1. The molecular weight excluding hydrogens is 334 g/mol. The van der Waals surface area contributed by atoms with E-state index >= 15 is 0 Å². The largest absolute Gasteiger partial charge is 0.508 e. The summed E-state index contributed by atoms with van der Waals surface area (Å²) in [6.07, 6.45) is 1.05. The van der Waals surface area contributed by atoms with Crippen LogP contribution in [0.15, 0.2) is 72.8 Å². The highest BCUT2D eigenvalue weighted by Crippen LogP contribution is 2.21. The Labute approximate surface area is 160 Å². The summed E-state index contributed by atoms with van der Waals surface area (Å²) in [5.74, 6) is 0.324. The highest BCUT2D eigenvalue weighted by atomic mass is 16.3. The summed E-state index contributed by atoms with van der Waals surface area (Å²) in [6, 6.07) is 23.2. The summed E-state index contributed by atoms with van der Waals surface area (Å²) in [5.41, 5.74) is 5.31. The monoisotopic (exact) mass is 359 g/mol. The van der Waals surface area contributed by atoms with E-state index in [4.69, 9.17) is 0 Å². The highest BCUT2D eigenvalue weighted by Gasteiger charge is 2.17. The first-order valence-corrected chi connectivity index (χ1v) is 9.22.